The van der Waals surface area contributed by atoms with Crippen LogP contribution in [0.5, 0.6) is 0 Å². The fraction of sp³-hybridized carbons (Fsp3) is 0.316. The fourth-order valence-electron chi connectivity index (χ4n) is 3.36. The predicted octanol–water partition coefficient (Wildman–Crippen LogP) is 1.44. The molecule has 1 aromatic carbocycles. The summed E-state index contributed by atoms with van der Waals surface area (Å²) in [4.78, 5) is 46.2. The maximum Gasteiger partial charge on any atom is 0.330 e. The number of nitro groups is 1. The van der Waals surface area contributed by atoms with Crippen molar-refractivity contribution >= 4 is 16.9 Å². The SMILES string of the molecule is CCCCn1c(=O)[nH]c(=O)c2c1nc(Cn1cnc(-c3cccc([N+](=O)[O-])c3)n1)n2C. The molecule has 0 aliphatic heterocycles. The zero-order valence-corrected chi connectivity index (χ0v) is 17.0. The highest BCUT2D eigenvalue weighted by molar-refractivity contribution is 5.70. The second kappa shape index (κ2) is 7.97. The van der Waals surface area contributed by atoms with Crippen LogP contribution in [0, 0.1) is 10.1 Å². The molecule has 3 aromatic heterocycles. The maximum absolute atomic E-state index is 12.4. The molecular weight excluding hydrogens is 404 g/mol. The van der Waals surface area contributed by atoms with E-state index in [9.17, 15) is 19.7 Å². The number of imidazole rings is 1. The van der Waals surface area contributed by atoms with E-state index in [-0.39, 0.29) is 12.2 Å². The van der Waals surface area contributed by atoms with Gasteiger partial charge in [-0.3, -0.25) is 24.5 Å². The van der Waals surface area contributed by atoms with Crippen molar-refractivity contribution in [3.05, 3.63) is 67.4 Å². The van der Waals surface area contributed by atoms with Crippen LogP contribution in [-0.4, -0.2) is 38.8 Å². The number of nitrogens with zero attached hydrogens (tertiary/aromatic N) is 7. The van der Waals surface area contributed by atoms with Gasteiger partial charge in [-0.25, -0.2) is 19.4 Å². The Morgan fingerprint density at radius 1 is 1.26 bits per heavy atom. The second-order valence-corrected chi connectivity index (χ2v) is 7.10. The van der Waals surface area contributed by atoms with E-state index >= 15 is 0 Å². The van der Waals surface area contributed by atoms with Crippen LogP contribution in [0.25, 0.3) is 22.6 Å². The van der Waals surface area contributed by atoms with E-state index < -0.39 is 16.2 Å². The fourth-order valence-corrected chi connectivity index (χ4v) is 3.36. The van der Waals surface area contributed by atoms with Crippen LogP contribution in [-0.2, 0) is 20.1 Å². The number of aryl methyl sites for hydroxylation is 2. The van der Waals surface area contributed by atoms with Crippen molar-refractivity contribution < 1.29 is 4.92 Å². The van der Waals surface area contributed by atoms with Gasteiger partial charge in [-0.1, -0.05) is 25.5 Å². The molecule has 0 amide bonds. The number of fused-ring (bicyclic) bond motifs is 1. The smallest absolute Gasteiger partial charge is 0.324 e. The lowest BCUT2D eigenvalue weighted by atomic mass is 10.2. The molecule has 0 saturated carbocycles. The first kappa shape index (κ1) is 20.2. The lowest BCUT2D eigenvalue weighted by molar-refractivity contribution is -0.384. The van der Waals surface area contributed by atoms with Gasteiger partial charge in [-0.05, 0) is 6.42 Å². The zero-order valence-electron chi connectivity index (χ0n) is 17.0. The summed E-state index contributed by atoms with van der Waals surface area (Å²) < 4.78 is 4.63. The summed E-state index contributed by atoms with van der Waals surface area (Å²) in [5.74, 6) is 0.854. The number of hydrogen-bond donors (Lipinski definition) is 1. The van der Waals surface area contributed by atoms with Gasteiger partial charge in [0.15, 0.2) is 17.0 Å². The molecule has 0 fully saturated rings. The van der Waals surface area contributed by atoms with Gasteiger partial charge in [0.1, 0.15) is 18.7 Å². The minimum Gasteiger partial charge on any atom is -0.324 e. The van der Waals surface area contributed by atoms with E-state index in [0.29, 0.717) is 34.9 Å². The summed E-state index contributed by atoms with van der Waals surface area (Å²) in [5.41, 5.74) is 0.133. The van der Waals surface area contributed by atoms with Crippen LogP contribution in [0.15, 0.2) is 40.2 Å². The lowest BCUT2D eigenvalue weighted by Gasteiger charge is -2.04. The van der Waals surface area contributed by atoms with Gasteiger partial charge in [0.05, 0.1) is 4.92 Å². The number of aromatic nitrogens is 7. The minimum absolute atomic E-state index is 0.0477. The van der Waals surface area contributed by atoms with Crippen molar-refractivity contribution in [3.8, 4) is 11.4 Å². The molecule has 4 aromatic rings. The predicted molar refractivity (Wildman–Crippen MR) is 112 cm³/mol. The standard InChI is InChI=1S/C19H20N8O4/c1-3-4-8-26-17-15(18(28)22-19(26)29)24(2)14(21-17)10-25-11-20-16(23-25)12-6-5-7-13(9-12)27(30)31/h5-7,9,11H,3-4,8,10H2,1-2H3,(H,22,28,29). The number of benzene rings is 1. The molecule has 0 spiro atoms. The summed E-state index contributed by atoms with van der Waals surface area (Å²) in [7, 11) is 1.70. The molecule has 0 aliphatic rings. The van der Waals surface area contributed by atoms with Crippen LogP contribution in [0.2, 0.25) is 0 Å². The third-order valence-electron chi connectivity index (χ3n) is 5.00. The number of unbranched alkanes of at least 4 members (excludes halogenated alkanes) is 1. The van der Waals surface area contributed by atoms with Gasteiger partial charge in [0.25, 0.3) is 11.2 Å². The van der Waals surface area contributed by atoms with Crippen LogP contribution in [0.3, 0.4) is 0 Å². The van der Waals surface area contributed by atoms with Gasteiger partial charge < -0.3 is 4.57 Å². The average Bonchev–Trinajstić information content (AvgIpc) is 3.33. The molecule has 0 aliphatic carbocycles. The van der Waals surface area contributed by atoms with E-state index in [1.807, 2.05) is 6.92 Å². The number of non-ortho nitro benzene ring substituents is 1. The number of hydrogen-bond acceptors (Lipinski definition) is 7. The minimum atomic E-state index is -0.495. The van der Waals surface area contributed by atoms with E-state index in [1.165, 1.54) is 27.7 Å². The van der Waals surface area contributed by atoms with E-state index in [2.05, 4.69) is 20.1 Å². The molecule has 0 radical (unpaired) electrons. The largest absolute Gasteiger partial charge is 0.330 e. The van der Waals surface area contributed by atoms with Gasteiger partial charge in [0, 0.05) is 31.3 Å². The number of H-pyrrole nitrogens is 1. The lowest BCUT2D eigenvalue weighted by Crippen LogP contribution is -2.31. The average molecular weight is 424 g/mol. The number of aromatic amines is 1. The summed E-state index contributed by atoms with van der Waals surface area (Å²) in [6.07, 6.45) is 3.16. The Hall–Kier alpha value is -4.09. The highest BCUT2D eigenvalue weighted by Gasteiger charge is 2.17. The molecule has 0 saturated heterocycles. The topological polar surface area (TPSA) is 147 Å². The Morgan fingerprint density at radius 2 is 2.06 bits per heavy atom. The Kier molecular flexibility index (Phi) is 5.19. The van der Waals surface area contributed by atoms with Gasteiger partial charge in [-0.2, -0.15) is 5.10 Å². The first-order chi connectivity index (χ1) is 14.9. The van der Waals surface area contributed by atoms with E-state index in [4.69, 9.17) is 0 Å². The maximum atomic E-state index is 12.4. The highest BCUT2D eigenvalue weighted by atomic mass is 16.6. The second-order valence-electron chi connectivity index (χ2n) is 7.10. The molecule has 12 heteroatoms. The molecule has 4 rings (SSSR count). The summed E-state index contributed by atoms with van der Waals surface area (Å²) in [6.45, 7) is 2.68. The molecule has 3 heterocycles. The van der Waals surface area contributed by atoms with Crippen molar-refractivity contribution in [2.45, 2.75) is 32.9 Å². The van der Waals surface area contributed by atoms with Crippen molar-refractivity contribution in [1.82, 2.24) is 33.9 Å². The van der Waals surface area contributed by atoms with Gasteiger partial charge >= 0.3 is 5.69 Å². The van der Waals surface area contributed by atoms with Crippen LogP contribution in [0.4, 0.5) is 5.69 Å². The van der Waals surface area contributed by atoms with Gasteiger partial charge in [0.2, 0.25) is 0 Å². The highest BCUT2D eigenvalue weighted by Crippen LogP contribution is 2.20. The van der Waals surface area contributed by atoms with E-state index in [1.54, 1.807) is 23.7 Å². The molecule has 12 nitrogen and oxygen atoms in total. The zero-order chi connectivity index (χ0) is 22.1. The molecule has 0 atom stereocenters. The third-order valence-corrected chi connectivity index (χ3v) is 5.00. The van der Waals surface area contributed by atoms with Crippen molar-refractivity contribution in [2.75, 3.05) is 0 Å². The number of rotatable bonds is 7. The monoisotopic (exact) mass is 424 g/mol. The van der Waals surface area contributed by atoms with E-state index in [0.717, 1.165) is 12.8 Å². The summed E-state index contributed by atoms with van der Waals surface area (Å²) in [5, 5.41) is 15.4. The first-order valence-electron chi connectivity index (χ1n) is 9.71. The normalized spacial score (nSPS) is 11.3. The summed E-state index contributed by atoms with van der Waals surface area (Å²) in [6, 6.07) is 6.06. The Balaban J connectivity index is 1.70. The van der Waals surface area contributed by atoms with Crippen LogP contribution >= 0.6 is 0 Å². The number of nitrogens with one attached hydrogen (secondary N) is 1. The molecule has 0 bridgehead atoms. The molecule has 160 valence electrons. The van der Waals surface area contributed by atoms with Crippen molar-refractivity contribution in [2.24, 2.45) is 7.05 Å². The van der Waals surface area contributed by atoms with Crippen LogP contribution in [0.1, 0.15) is 25.6 Å². The Labute approximate surface area is 175 Å². The quantitative estimate of drug-likeness (QED) is 0.349. The van der Waals surface area contributed by atoms with Crippen LogP contribution < -0.4 is 11.2 Å². The number of nitro benzene ring substituents is 1. The van der Waals surface area contributed by atoms with Crippen molar-refractivity contribution in [3.63, 3.8) is 0 Å². The third kappa shape index (κ3) is 3.74. The molecular formula is C19H20N8O4. The van der Waals surface area contributed by atoms with Crippen molar-refractivity contribution in [1.29, 1.82) is 0 Å². The first-order valence-corrected chi connectivity index (χ1v) is 9.71. The summed E-state index contributed by atoms with van der Waals surface area (Å²) >= 11 is 0. The Morgan fingerprint density at radius 3 is 2.81 bits per heavy atom. The molecule has 31 heavy (non-hydrogen) atoms. The van der Waals surface area contributed by atoms with Gasteiger partial charge in [-0.15, -0.1) is 0 Å². The molecule has 1 N–H and O–H groups in total. The Bertz CT molecular complexity index is 1390. The molecule has 0 unspecified atom stereocenters.